The van der Waals surface area contributed by atoms with Gasteiger partial charge < -0.3 is 9.30 Å². The van der Waals surface area contributed by atoms with Crippen LogP contribution in [0.15, 0.2) is 5.38 Å². The molecule has 0 saturated carbocycles. The van der Waals surface area contributed by atoms with E-state index >= 15 is 0 Å². The van der Waals surface area contributed by atoms with Gasteiger partial charge >= 0.3 is 0 Å². The molecule has 0 radical (unpaired) electrons. The first kappa shape index (κ1) is 16.5. The Morgan fingerprint density at radius 1 is 1.35 bits per heavy atom. The van der Waals surface area contributed by atoms with Crippen LogP contribution in [0.5, 0.6) is 0 Å². The predicted molar refractivity (Wildman–Crippen MR) is 90.5 cm³/mol. The average molecular weight is 335 g/mol. The molecule has 1 aliphatic rings. The van der Waals surface area contributed by atoms with Crippen molar-refractivity contribution >= 4 is 11.3 Å². The smallest absolute Gasteiger partial charge is 0.146 e. The van der Waals surface area contributed by atoms with Gasteiger partial charge in [-0.3, -0.25) is 4.90 Å². The minimum atomic E-state index is 0.0548. The van der Waals surface area contributed by atoms with Crippen LogP contribution in [0.1, 0.15) is 49.2 Å². The fourth-order valence-corrected chi connectivity index (χ4v) is 3.65. The number of ether oxygens (including phenoxy) is 1. The second-order valence-electron chi connectivity index (χ2n) is 7.14. The van der Waals surface area contributed by atoms with Crippen LogP contribution in [0.4, 0.5) is 0 Å². The molecule has 1 fully saturated rings. The largest absolute Gasteiger partial charge is 0.368 e. The van der Waals surface area contributed by atoms with Crippen molar-refractivity contribution in [1.82, 2.24) is 24.6 Å². The lowest BCUT2D eigenvalue weighted by Gasteiger charge is -2.31. The highest BCUT2D eigenvalue weighted by Gasteiger charge is 2.27. The Labute approximate surface area is 141 Å². The van der Waals surface area contributed by atoms with E-state index in [4.69, 9.17) is 9.72 Å². The van der Waals surface area contributed by atoms with Crippen molar-refractivity contribution in [1.29, 1.82) is 0 Å². The number of hydrogen-bond donors (Lipinski definition) is 0. The highest BCUT2D eigenvalue weighted by molar-refractivity contribution is 7.09. The highest BCUT2D eigenvalue weighted by Crippen LogP contribution is 2.30. The molecule has 3 heterocycles. The van der Waals surface area contributed by atoms with Crippen molar-refractivity contribution in [2.24, 2.45) is 7.05 Å². The van der Waals surface area contributed by atoms with Gasteiger partial charge in [0.15, 0.2) is 0 Å². The van der Waals surface area contributed by atoms with Crippen LogP contribution in [-0.4, -0.2) is 44.3 Å². The Kier molecular flexibility index (Phi) is 4.53. The zero-order valence-electron chi connectivity index (χ0n) is 14.5. The number of thiazole rings is 1. The first-order valence-electron chi connectivity index (χ1n) is 7.99. The summed E-state index contributed by atoms with van der Waals surface area (Å²) in [5, 5.41) is 11.6. The van der Waals surface area contributed by atoms with Crippen LogP contribution >= 0.6 is 11.3 Å². The molecule has 23 heavy (non-hydrogen) atoms. The zero-order chi connectivity index (χ0) is 16.6. The molecule has 0 aromatic carbocycles. The minimum Gasteiger partial charge on any atom is -0.368 e. The number of aryl methyl sites for hydroxylation is 1. The third-order valence-electron chi connectivity index (χ3n) is 4.26. The van der Waals surface area contributed by atoms with Gasteiger partial charge in [-0.05, 0) is 6.92 Å². The maximum absolute atomic E-state index is 5.96. The van der Waals surface area contributed by atoms with Crippen LogP contribution in [0.2, 0.25) is 0 Å². The van der Waals surface area contributed by atoms with E-state index in [9.17, 15) is 0 Å². The van der Waals surface area contributed by atoms with E-state index in [0.717, 1.165) is 48.6 Å². The Morgan fingerprint density at radius 3 is 2.74 bits per heavy atom. The van der Waals surface area contributed by atoms with E-state index in [2.05, 4.69) is 41.2 Å². The van der Waals surface area contributed by atoms with Crippen LogP contribution in [0, 0.1) is 6.92 Å². The lowest BCUT2D eigenvalue weighted by Crippen LogP contribution is -2.38. The van der Waals surface area contributed by atoms with E-state index in [1.165, 1.54) is 0 Å². The maximum atomic E-state index is 5.96. The van der Waals surface area contributed by atoms with Gasteiger partial charge in [0, 0.05) is 30.9 Å². The molecule has 1 aliphatic heterocycles. The molecular formula is C16H25N5OS. The summed E-state index contributed by atoms with van der Waals surface area (Å²) >= 11 is 1.70. The third kappa shape index (κ3) is 3.62. The van der Waals surface area contributed by atoms with Gasteiger partial charge in [0.05, 0.1) is 18.8 Å². The molecule has 1 saturated heterocycles. The van der Waals surface area contributed by atoms with Crippen molar-refractivity contribution in [2.75, 3.05) is 19.7 Å². The zero-order valence-corrected chi connectivity index (χ0v) is 15.4. The molecule has 1 atom stereocenters. The molecule has 0 aliphatic carbocycles. The molecular weight excluding hydrogens is 310 g/mol. The molecule has 7 heteroatoms. The topological polar surface area (TPSA) is 56.1 Å². The minimum absolute atomic E-state index is 0.0548. The van der Waals surface area contributed by atoms with Gasteiger partial charge in [0.2, 0.25) is 0 Å². The summed E-state index contributed by atoms with van der Waals surface area (Å²) in [6, 6.07) is 0. The number of hydrogen-bond acceptors (Lipinski definition) is 6. The Balaban J connectivity index is 1.68. The number of morpholine rings is 1. The Morgan fingerprint density at radius 2 is 2.13 bits per heavy atom. The molecule has 0 unspecified atom stereocenters. The van der Waals surface area contributed by atoms with Gasteiger partial charge in [0.1, 0.15) is 22.8 Å². The summed E-state index contributed by atoms with van der Waals surface area (Å²) in [4.78, 5) is 7.17. The lowest BCUT2D eigenvalue weighted by molar-refractivity contribution is -0.0341. The number of nitrogens with zero attached hydrogens (tertiary/aromatic N) is 5. The quantitative estimate of drug-likeness (QED) is 0.862. The molecule has 0 amide bonds. The predicted octanol–water partition coefficient (Wildman–Crippen LogP) is 2.45. The monoisotopic (exact) mass is 335 g/mol. The summed E-state index contributed by atoms with van der Waals surface area (Å²) in [6.45, 7) is 11.8. The summed E-state index contributed by atoms with van der Waals surface area (Å²) in [5.74, 6) is 1.94. The molecule has 0 N–H and O–H groups in total. The van der Waals surface area contributed by atoms with E-state index in [-0.39, 0.29) is 11.5 Å². The summed E-state index contributed by atoms with van der Waals surface area (Å²) < 4.78 is 8.00. The SMILES string of the molecule is Cc1nnc(CN2CCO[C@H](c3nc(C(C)(C)C)cs3)C2)n1C. The van der Waals surface area contributed by atoms with E-state index in [1.807, 2.05) is 18.5 Å². The molecule has 0 bridgehead atoms. The van der Waals surface area contributed by atoms with Gasteiger partial charge in [-0.1, -0.05) is 20.8 Å². The fraction of sp³-hybridized carbons (Fsp3) is 0.688. The van der Waals surface area contributed by atoms with Gasteiger partial charge in [-0.2, -0.15) is 0 Å². The molecule has 126 valence electrons. The highest BCUT2D eigenvalue weighted by atomic mass is 32.1. The van der Waals surface area contributed by atoms with Gasteiger partial charge in [-0.25, -0.2) is 4.98 Å². The van der Waals surface area contributed by atoms with Crippen LogP contribution in [0.3, 0.4) is 0 Å². The standard InChI is InChI=1S/C16H25N5OS/c1-11-18-19-14(20(11)5)9-21-6-7-22-12(8-21)15-17-13(10-23-15)16(2,3)4/h10,12H,6-9H2,1-5H3/t12-/m0/s1. The Hall–Kier alpha value is -1.31. The lowest BCUT2D eigenvalue weighted by atomic mass is 9.93. The number of rotatable bonds is 3. The molecule has 2 aromatic rings. The first-order valence-corrected chi connectivity index (χ1v) is 8.87. The van der Waals surface area contributed by atoms with Crippen molar-refractivity contribution in [3.8, 4) is 0 Å². The van der Waals surface area contributed by atoms with Crippen LogP contribution in [0.25, 0.3) is 0 Å². The maximum Gasteiger partial charge on any atom is 0.146 e. The van der Waals surface area contributed by atoms with Gasteiger partial charge in [-0.15, -0.1) is 21.5 Å². The van der Waals surface area contributed by atoms with Crippen molar-refractivity contribution in [2.45, 2.75) is 45.8 Å². The van der Waals surface area contributed by atoms with Crippen molar-refractivity contribution in [3.63, 3.8) is 0 Å². The van der Waals surface area contributed by atoms with Gasteiger partial charge in [0.25, 0.3) is 0 Å². The Bertz CT molecular complexity index is 672. The molecule has 6 nitrogen and oxygen atoms in total. The van der Waals surface area contributed by atoms with E-state index in [1.54, 1.807) is 11.3 Å². The second kappa shape index (κ2) is 6.30. The van der Waals surface area contributed by atoms with Crippen molar-refractivity contribution < 1.29 is 4.74 Å². The van der Waals surface area contributed by atoms with E-state index < -0.39 is 0 Å². The van der Waals surface area contributed by atoms with Crippen molar-refractivity contribution in [3.05, 3.63) is 27.7 Å². The third-order valence-corrected chi connectivity index (χ3v) is 5.20. The number of aromatic nitrogens is 4. The summed E-state index contributed by atoms with van der Waals surface area (Å²) in [6.07, 6.45) is 0.0548. The van der Waals surface area contributed by atoms with Crippen LogP contribution in [-0.2, 0) is 23.7 Å². The molecule has 2 aromatic heterocycles. The fourth-order valence-electron chi connectivity index (χ4n) is 2.56. The first-order chi connectivity index (χ1) is 10.8. The van der Waals surface area contributed by atoms with E-state index in [0.29, 0.717) is 0 Å². The average Bonchev–Trinajstić information content (AvgIpc) is 3.10. The second-order valence-corrected chi connectivity index (χ2v) is 8.03. The summed E-state index contributed by atoms with van der Waals surface area (Å²) in [5.41, 5.74) is 1.22. The van der Waals surface area contributed by atoms with Crippen LogP contribution < -0.4 is 0 Å². The summed E-state index contributed by atoms with van der Waals surface area (Å²) in [7, 11) is 2.01. The molecule has 0 spiro atoms. The normalized spacial score (nSPS) is 20.1. The molecule has 3 rings (SSSR count).